The standard InChI is InChI=1S/C22H28N6O4/c1-22(2,31)19(14-6-4-3-5-7-14)25-21(30)24-17-12-15-18(16(13-29)23-17)20(27-26-15)28-8-10-32-11-9-28/h3-7,12,19,29,31H,8-11,13H2,1-2H3,(H,26,27)(H2,23,24,25,30). The number of hydrogen-bond acceptors (Lipinski definition) is 7. The van der Waals surface area contributed by atoms with Crippen LogP contribution in [0.4, 0.5) is 16.4 Å². The Labute approximate surface area is 185 Å². The number of nitrogens with zero attached hydrogens (tertiary/aromatic N) is 3. The smallest absolute Gasteiger partial charge is 0.320 e. The largest absolute Gasteiger partial charge is 0.390 e. The number of amides is 2. The highest BCUT2D eigenvalue weighted by Crippen LogP contribution is 2.30. The minimum Gasteiger partial charge on any atom is -0.390 e. The van der Waals surface area contributed by atoms with Crippen molar-refractivity contribution in [3.63, 3.8) is 0 Å². The summed E-state index contributed by atoms with van der Waals surface area (Å²) >= 11 is 0. The van der Waals surface area contributed by atoms with Crippen molar-refractivity contribution in [1.29, 1.82) is 0 Å². The second kappa shape index (κ2) is 9.11. The molecule has 3 aromatic rings. The zero-order valence-corrected chi connectivity index (χ0v) is 18.1. The van der Waals surface area contributed by atoms with Crippen molar-refractivity contribution < 1.29 is 19.7 Å². The van der Waals surface area contributed by atoms with Gasteiger partial charge in [-0.1, -0.05) is 30.3 Å². The number of hydrogen-bond donors (Lipinski definition) is 5. The lowest BCUT2D eigenvalue weighted by Gasteiger charge is -2.30. The number of carbonyl (C=O) groups is 1. The number of aromatic nitrogens is 3. The average molecular weight is 441 g/mol. The average Bonchev–Trinajstić information content (AvgIpc) is 3.21. The molecule has 170 valence electrons. The summed E-state index contributed by atoms with van der Waals surface area (Å²) in [4.78, 5) is 19.3. The van der Waals surface area contributed by atoms with Gasteiger partial charge in [0.15, 0.2) is 5.82 Å². The summed E-state index contributed by atoms with van der Waals surface area (Å²) in [5, 5.41) is 34.1. The van der Waals surface area contributed by atoms with Gasteiger partial charge in [-0.05, 0) is 19.4 Å². The molecule has 4 rings (SSSR count). The highest BCUT2D eigenvalue weighted by Gasteiger charge is 2.30. The normalized spacial score (nSPS) is 15.6. The van der Waals surface area contributed by atoms with Crippen LogP contribution in [0, 0.1) is 0 Å². The summed E-state index contributed by atoms with van der Waals surface area (Å²) in [5.41, 5.74) is 0.652. The van der Waals surface area contributed by atoms with E-state index in [1.165, 1.54) is 0 Å². The van der Waals surface area contributed by atoms with E-state index in [-0.39, 0.29) is 12.4 Å². The predicted molar refractivity (Wildman–Crippen MR) is 120 cm³/mol. The third kappa shape index (κ3) is 4.67. The van der Waals surface area contributed by atoms with Crippen molar-refractivity contribution in [2.75, 3.05) is 36.5 Å². The van der Waals surface area contributed by atoms with Crippen LogP contribution in [0.1, 0.15) is 31.1 Å². The van der Waals surface area contributed by atoms with Gasteiger partial charge in [-0.15, -0.1) is 0 Å². The van der Waals surface area contributed by atoms with E-state index >= 15 is 0 Å². The molecule has 5 N–H and O–H groups in total. The molecule has 10 heteroatoms. The van der Waals surface area contributed by atoms with Crippen LogP contribution in [0.2, 0.25) is 0 Å². The first-order valence-electron chi connectivity index (χ1n) is 10.5. The fourth-order valence-electron chi connectivity index (χ4n) is 3.88. The molecule has 1 saturated heterocycles. The molecule has 1 aliphatic rings. The zero-order chi connectivity index (χ0) is 22.7. The number of urea groups is 1. The molecule has 2 amide bonds. The van der Waals surface area contributed by atoms with E-state index in [2.05, 4.69) is 30.7 Å². The number of carbonyl (C=O) groups excluding carboxylic acids is 1. The molecule has 1 fully saturated rings. The maximum Gasteiger partial charge on any atom is 0.320 e. The van der Waals surface area contributed by atoms with E-state index in [0.717, 1.165) is 10.9 Å². The van der Waals surface area contributed by atoms with E-state index in [1.54, 1.807) is 19.9 Å². The maximum absolute atomic E-state index is 12.7. The molecule has 1 atom stereocenters. The van der Waals surface area contributed by atoms with Crippen molar-refractivity contribution in [3.05, 3.63) is 47.7 Å². The van der Waals surface area contributed by atoms with Crippen molar-refractivity contribution >= 4 is 28.6 Å². The van der Waals surface area contributed by atoms with Crippen LogP contribution in [0.5, 0.6) is 0 Å². The number of aliphatic hydroxyl groups is 2. The van der Waals surface area contributed by atoms with Gasteiger partial charge in [0.1, 0.15) is 5.82 Å². The highest BCUT2D eigenvalue weighted by atomic mass is 16.5. The Hall–Kier alpha value is -3.21. The number of nitrogens with one attached hydrogen (secondary N) is 3. The third-order valence-corrected chi connectivity index (χ3v) is 5.42. The molecular weight excluding hydrogens is 412 g/mol. The van der Waals surface area contributed by atoms with Crippen LogP contribution in [-0.4, -0.2) is 63.3 Å². The van der Waals surface area contributed by atoms with Gasteiger partial charge in [-0.3, -0.25) is 10.4 Å². The number of fused-ring (bicyclic) bond motifs is 1. The molecule has 32 heavy (non-hydrogen) atoms. The summed E-state index contributed by atoms with van der Waals surface area (Å²) < 4.78 is 5.40. The minimum absolute atomic E-state index is 0.263. The minimum atomic E-state index is -1.19. The molecule has 0 aliphatic carbocycles. The quantitative estimate of drug-likeness (QED) is 0.395. The summed E-state index contributed by atoms with van der Waals surface area (Å²) in [7, 11) is 0. The second-order valence-corrected chi connectivity index (χ2v) is 8.28. The fraction of sp³-hybridized carbons (Fsp3) is 0.409. The van der Waals surface area contributed by atoms with Gasteiger partial charge in [0, 0.05) is 19.2 Å². The Balaban J connectivity index is 1.56. The molecule has 10 nitrogen and oxygen atoms in total. The van der Waals surface area contributed by atoms with Gasteiger partial charge >= 0.3 is 6.03 Å². The second-order valence-electron chi connectivity index (χ2n) is 8.28. The van der Waals surface area contributed by atoms with E-state index in [9.17, 15) is 15.0 Å². The van der Waals surface area contributed by atoms with Gasteiger partial charge in [0.25, 0.3) is 0 Å². The number of H-pyrrole nitrogens is 1. The lowest BCUT2D eigenvalue weighted by atomic mass is 9.92. The number of pyridine rings is 1. The Kier molecular flexibility index (Phi) is 6.26. The molecule has 1 unspecified atom stereocenters. The number of aliphatic hydroxyl groups excluding tert-OH is 1. The number of morpholine rings is 1. The lowest BCUT2D eigenvalue weighted by Crippen LogP contribution is -2.44. The molecule has 2 aromatic heterocycles. The van der Waals surface area contributed by atoms with E-state index in [1.807, 2.05) is 30.3 Å². The van der Waals surface area contributed by atoms with Crippen LogP contribution >= 0.6 is 0 Å². The Bertz CT molecular complexity index is 1070. The molecule has 1 aromatic carbocycles. The monoisotopic (exact) mass is 440 g/mol. The number of benzene rings is 1. The summed E-state index contributed by atoms with van der Waals surface area (Å²) in [6.07, 6.45) is 0. The first kappa shape index (κ1) is 22.0. The van der Waals surface area contributed by atoms with Gasteiger partial charge in [-0.2, -0.15) is 5.10 Å². The van der Waals surface area contributed by atoms with Crippen LogP contribution in [0.15, 0.2) is 36.4 Å². The summed E-state index contributed by atoms with van der Waals surface area (Å²) in [5.74, 6) is 0.973. The first-order valence-corrected chi connectivity index (χ1v) is 10.5. The van der Waals surface area contributed by atoms with Gasteiger partial charge in [0.05, 0.1) is 48.1 Å². The zero-order valence-electron chi connectivity index (χ0n) is 18.1. The Morgan fingerprint density at radius 2 is 2.00 bits per heavy atom. The topological polar surface area (TPSA) is 136 Å². The fourth-order valence-corrected chi connectivity index (χ4v) is 3.88. The van der Waals surface area contributed by atoms with Crippen LogP contribution < -0.4 is 15.5 Å². The molecule has 1 aliphatic heterocycles. The molecule has 0 saturated carbocycles. The number of ether oxygens (including phenoxy) is 1. The van der Waals surface area contributed by atoms with Gasteiger partial charge < -0.3 is 25.2 Å². The predicted octanol–water partition coefficient (Wildman–Crippen LogP) is 1.92. The van der Waals surface area contributed by atoms with Crippen molar-refractivity contribution in [2.45, 2.75) is 32.1 Å². The summed E-state index contributed by atoms with van der Waals surface area (Å²) in [6.45, 7) is 5.59. The molecule has 3 heterocycles. The van der Waals surface area contributed by atoms with E-state index < -0.39 is 17.7 Å². The van der Waals surface area contributed by atoms with Gasteiger partial charge in [0.2, 0.25) is 0 Å². The van der Waals surface area contributed by atoms with Crippen LogP contribution in [0.3, 0.4) is 0 Å². The molecule has 0 spiro atoms. The SMILES string of the molecule is CC(C)(O)C(NC(=O)Nc1cc2[nH]nc(N3CCOCC3)c2c(CO)n1)c1ccccc1. The first-order chi connectivity index (χ1) is 15.4. The molecule has 0 radical (unpaired) electrons. The van der Waals surface area contributed by atoms with Crippen LogP contribution in [-0.2, 0) is 11.3 Å². The number of anilines is 2. The number of aromatic amines is 1. The lowest BCUT2D eigenvalue weighted by molar-refractivity contribution is 0.0415. The Morgan fingerprint density at radius 1 is 1.28 bits per heavy atom. The third-order valence-electron chi connectivity index (χ3n) is 5.42. The number of rotatable bonds is 6. The van der Waals surface area contributed by atoms with Crippen LogP contribution in [0.25, 0.3) is 10.9 Å². The van der Waals surface area contributed by atoms with Crippen molar-refractivity contribution in [2.24, 2.45) is 0 Å². The molecule has 0 bridgehead atoms. The summed E-state index contributed by atoms with van der Waals surface area (Å²) in [6, 6.07) is 9.77. The van der Waals surface area contributed by atoms with Gasteiger partial charge in [-0.25, -0.2) is 9.78 Å². The van der Waals surface area contributed by atoms with E-state index in [4.69, 9.17) is 4.74 Å². The Morgan fingerprint density at radius 3 is 2.66 bits per heavy atom. The van der Waals surface area contributed by atoms with Crippen molar-refractivity contribution in [1.82, 2.24) is 20.5 Å². The molecular formula is C22H28N6O4. The highest BCUT2D eigenvalue weighted by molar-refractivity contribution is 5.96. The van der Waals surface area contributed by atoms with E-state index in [0.29, 0.717) is 43.3 Å². The maximum atomic E-state index is 12.7. The van der Waals surface area contributed by atoms with Crippen molar-refractivity contribution in [3.8, 4) is 0 Å².